The van der Waals surface area contributed by atoms with E-state index >= 15 is 0 Å². The van der Waals surface area contributed by atoms with Crippen molar-refractivity contribution in [1.82, 2.24) is 4.90 Å². The molecule has 0 unspecified atom stereocenters. The quantitative estimate of drug-likeness (QED) is 0.623. The van der Waals surface area contributed by atoms with Crippen LogP contribution in [0.15, 0.2) is 36.4 Å². The molecule has 1 aliphatic heterocycles. The topological polar surface area (TPSA) is 92.6 Å². The van der Waals surface area contributed by atoms with Gasteiger partial charge in [-0.1, -0.05) is 6.07 Å². The van der Waals surface area contributed by atoms with Crippen molar-refractivity contribution in [1.29, 1.82) is 0 Å². The number of aryl methyl sites for hydroxylation is 1. The van der Waals surface area contributed by atoms with Crippen molar-refractivity contribution >= 4 is 23.2 Å². The number of nitro groups is 1. The SMILES string of the molecule is Cc1ccc([N+](=O)[O-])cc1NC(=O)C1CCN(C(=O)c2ccc(F)cc2F)CC1. The summed E-state index contributed by atoms with van der Waals surface area (Å²) in [7, 11) is 0. The fraction of sp³-hybridized carbons (Fsp3) is 0.300. The summed E-state index contributed by atoms with van der Waals surface area (Å²) >= 11 is 0. The van der Waals surface area contributed by atoms with E-state index in [1.165, 1.54) is 17.0 Å². The summed E-state index contributed by atoms with van der Waals surface area (Å²) < 4.78 is 26.9. The first kappa shape index (κ1) is 20.4. The molecular weight excluding hydrogens is 384 g/mol. The van der Waals surface area contributed by atoms with E-state index in [4.69, 9.17) is 0 Å². The fourth-order valence-electron chi connectivity index (χ4n) is 3.27. The normalized spacial score (nSPS) is 14.5. The van der Waals surface area contributed by atoms with E-state index in [1.807, 2.05) is 0 Å². The van der Waals surface area contributed by atoms with Crippen molar-refractivity contribution in [3.05, 3.63) is 69.3 Å². The van der Waals surface area contributed by atoms with Gasteiger partial charge >= 0.3 is 0 Å². The maximum atomic E-state index is 13.8. The third-order valence-corrected chi connectivity index (χ3v) is 5.00. The van der Waals surface area contributed by atoms with Gasteiger partial charge in [0.2, 0.25) is 5.91 Å². The number of carbonyl (C=O) groups is 2. The molecule has 0 bridgehead atoms. The van der Waals surface area contributed by atoms with Crippen molar-refractivity contribution in [3.63, 3.8) is 0 Å². The Morgan fingerprint density at radius 2 is 1.83 bits per heavy atom. The van der Waals surface area contributed by atoms with Crippen LogP contribution in [0.5, 0.6) is 0 Å². The number of rotatable bonds is 4. The van der Waals surface area contributed by atoms with Crippen LogP contribution in [-0.2, 0) is 4.79 Å². The van der Waals surface area contributed by atoms with E-state index in [1.54, 1.807) is 13.0 Å². The molecule has 1 N–H and O–H groups in total. The number of likely N-dealkylation sites (tertiary alicyclic amines) is 1. The zero-order valence-corrected chi connectivity index (χ0v) is 15.7. The van der Waals surface area contributed by atoms with Crippen LogP contribution >= 0.6 is 0 Å². The second-order valence-electron chi connectivity index (χ2n) is 6.94. The number of nitro benzene ring substituents is 1. The number of nitrogens with zero attached hydrogens (tertiary/aromatic N) is 2. The van der Waals surface area contributed by atoms with E-state index in [2.05, 4.69) is 5.32 Å². The van der Waals surface area contributed by atoms with Gasteiger partial charge in [-0.25, -0.2) is 8.78 Å². The Morgan fingerprint density at radius 1 is 1.14 bits per heavy atom. The van der Waals surface area contributed by atoms with Gasteiger partial charge in [0.25, 0.3) is 11.6 Å². The lowest BCUT2D eigenvalue weighted by molar-refractivity contribution is -0.384. The van der Waals surface area contributed by atoms with Crippen LogP contribution in [-0.4, -0.2) is 34.7 Å². The molecule has 152 valence electrons. The Kier molecular flexibility index (Phi) is 5.86. The molecule has 9 heteroatoms. The van der Waals surface area contributed by atoms with Crippen molar-refractivity contribution in [3.8, 4) is 0 Å². The molecular formula is C20H19F2N3O4. The third-order valence-electron chi connectivity index (χ3n) is 5.00. The van der Waals surface area contributed by atoms with Crippen molar-refractivity contribution in [2.45, 2.75) is 19.8 Å². The fourth-order valence-corrected chi connectivity index (χ4v) is 3.27. The first-order valence-electron chi connectivity index (χ1n) is 9.06. The van der Waals surface area contributed by atoms with Crippen LogP contribution in [0.3, 0.4) is 0 Å². The lowest BCUT2D eigenvalue weighted by atomic mass is 9.95. The van der Waals surface area contributed by atoms with Gasteiger partial charge in [-0.3, -0.25) is 19.7 Å². The molecule has 29 heavy (non-hydrogen) atoms. The summed E-state index contributed by atoms with van der Waals surface area (Å²) in [6.45, 7) is 2.24. The van der Waals surface area contributed by atoms with Gasteiger partial charge in [0.15, 0.2) is 0 Å². The lowest BCUT2D eigenvalue weighted by Crippen LogP contribution is -2.41. The van der Waals surface area contributed by atoms with Crippen molar-refractivity contribution in [2.24, 2.45) is 5.92 Å². The molecule has 1 saturated heterocycles. The second-order valence-corrected chi connectivity index (χ2v) is 6.94. The number of amides is 2. The average Bonchev–Trinajstić information content (AvgIpc) is 2.69. The summed E-state index contributed by atoms with van der Waals surface area (Å²) in [4.78, 5) is 36.8. The molecule has 1 aliphatic rings. The van der Waals surface area contributed by atoms with Crippen molar-refractivity contribution < 1.29 is 23.3 Å². The minimum absolute atomic E-state index is 0.118. The Balaban J connectivity index is 1.62. The minimum Gasteiger partial charge on any atom is -0.339 e. The summed E-state index contributed by atoms with van der Waals surface area (Å²) in [5, 5.41) is 13.6. The van der Waals surface area contributed by atoms with Crippen LogP contribution in [0.1, 0.15) is 28.8 Å². The molecule has 0 atom stereocenters. The largest absolute Gasteiger partial charge is 0.339 e. The van der Waals surface area contributed by atoms with Gasteiger partial charge in [0.1, 0.15) is 11.6 Å². The maximum absolute atomic E-state index is 13.8. The molecule has 0 saturated carbocycles. The molecule has 0 radical (unpaired) electrons. The predicted molar refractivity (Wildman–Crippen MR) is 101 cm³/mol. The number of hydrogen-bond acceptors (Lipinski definition) is 4. The van der Waals surface area contributed by atoms with E-state index in [0.717, 1.165) is 12.1 Å². The Bertz CT molecular complexity index is 972. The number of halogens is 2. The highest BCUT2D eigenvalue weighted by molar-refractivity contribution is 5.96. The van der Waals surface area contributed by atoms with E-state index in [0.29, 0.717) is 30.2 Å². The van der Waals surface area contributed by atoms with Gasteiger partial charge in [-0.2, -0.15) is 0 Å². The molecule has 2 aromatic carbocycles. The zero-order chi connectivity index (χ0) is 21.1. The molecule has 0 spiro atoms. The summed E-state index contributed by atoms with van der Waals surface area (Å²) in [6.07, 6.45) is 0.739. The third kappa shape index (κ3) is 4.56. The number of non-ortho nitro benzene ring substituents is 1. The molecule has 1 heterocycles. The van der Waals surface area contributed by atoms with Gasteiger partial charge < -0.3 is 10.2 Å². The molecule has 1 fully saturated rings. The number of nitrogens with one attached hydrogen (secondary N) is 1. The predicted octanol–water partition coefficient (Wildman–Crippen LogP) is 3.67. The first-order valence-corrected chi connectivity index (χ1v) is 9.06. The average molecular weight is 403 g/mol. The summed E-state index contributed by atoms with van der Waals surface area (Å²) in [6, 6.07) is 7.03. The van der Waals surface area contributed by atoms with Crippen LogP contribution in [0.2, 0.25) is 0 Å². The van der Waals surface area contributed by atoms with Crippen LogP contribution in [0.25, 0.3) is 0 Å². The van der Waals surface area contributed by atoms with Crippen LogP contribution in [0, 0.1) is 34.6 Å². The molecule has 0 aliphatic carbocycles. The highest BCUT2D eigenvalue weighted by Crippen LogP contribution is 2.25. The number of benzene rings is 2. The number of piperidine rings is 1. The van der Waals surface area contributed by atoms with Gasteiger partial charge in [-0.15, -0.1) is 0 Å². The summed E-state index contributed by atoms with van der Waals surface area (Å²) in [5.74, 6) is -2.89. The van der Waals surface area contributed by atoms with Gasteiger partial charge in [0, 0.05) is 37.2 Å². The highest BCUT2D eigenvalue weighted by Gasteiger charge is 2.29. The molecule has 2 aromatic rings. The Morgan fingerprint density at radius 3 is 2.45 bits per heavy atom. The monoisotopic (exact) mass is 403 g/mol. The van der Waals surface area contributed by atoms with E-state index in [9.17, 15) is 28.5 Å². The van der Waals surface area contributed by atoms with Crippen LogP contribution < -0.4 is 5.32 Å². The maximum Gasteiger partial charge on any atom is 0.271 e. The molecule has 3 rings (SSSR count). The smallest absolute Gasteiger partial charge is 0.271 e. The number of hydrogen-bond donors (Lipinski definition) is 1. The van der Waals surface area contributed by atoms with Crippen LogP contribution in [0.4, 0.5) is 20.2 Å². The Labute approximate surface area is 165 Å². The summed E-state index contributed by atoms with van der Waals surface area (Å²) in [5.41, 5.74) is 0.744. The van der Waals surface area contributed by atoms with Gasteiger partial charge in [-0.05, 0) is 37.5 Å². The highest BCUT2D eigenvalue weighted by atomic mass is 19.1. The zero-order valence-electron chi connectivity index (χ0n) is 15.7. The molecule has 0 aromatic heterocycles. The Hall–Kier alpha value is -3.36. The second kappa shape index (κ2) is 8.34. The van der Waals surface area contributed by atoms with E-state index < -0.39 is 22.5 Å². The van der Waals surface area contributed by atoms with Crippen molar-refractivity contribution in [2.75, 3.05) is 18.4 Å². The number of carbonyl (C=O) groups excluding carboxylic acids is 2. The molecule has 7 nitrogen and oxygen atoms in total. The molecule has 2 amide bonds. The minimum atomic E-state index is -0.920. The lowest BCUT2D eigenvalue weighted by Gasteiger charge is -2.31. The first-order chi connectivity index (χ1) is 13.8. The standard InChI is InChI=1S/C20H19F2N3O4/c1-12-2-4-15(25(28)29)11-18(12)23-19(26)13-6-8-24(9-7-13)20(27)16-5-3-14(21)10-17(16)22/h2-5,10-11,13H,6-9H2,1H3,(H,23,26). The number of anilines is 1. The van der Waals surface area contributed by atoms with E-state index in [-0.39, 0.29) is 36.2 Å². The van der Waals surface area contributed by atoms with Gasteiger partial charge in [0.05, 0.1) is 16.2 Å².